The molecule has 6 heteroatoms. The first-order chi connectivity index (χ1) is 12.7. The highest BCUT2D eigenvalue weighted by molar-refractivity contribution is 5.88. The van der Waals surface area contributed by atoms with Gasteiger partial charge in [-0.1, -0.05) is 5.16 Å². The van der Waals surface area contributed by atoms with E-state index in [4.69, 9.17) is 14.4 Å². The number of carbonyl (C=O) groups is 1. The molecule has 3 aromatic rings. The molecule has 1 aliphatic rings. The van der Waals surface area contributed by atoms with Crippen molar-refractivity contribution in [3.63, 3.8) is 0 Å². The molecule has 0 unspecified atom stereocenters. The van der Waals surface area contributed by atoms with Crippen LogP contribution in [0.5, 0.6) is 5.75 Å². The molecule has 1 N–H and O–H groups in total. The summed E-state index contributed by atoms with van der Waals surface area (Å²) in [4.78, 5) is 15.3. The van der Waals surface area contributed by atoms with E-state index in [2.05, 4.69) is 10.1 Å². The summed E-state index contributed by atoms with van der Waals surface area (Å²) < 4.78 is 11.3. The Kier molecular flexibility index (Phi) is 4.39. The van der Waals surface area contributed by atoms with Crippen molar-refractivity contribution in [2.24, 2.45) is 0 Å². The van der Waals surface area contributed by atoms with Crippen LogP contribution < -0.4 is 4.74 Å². The van der Waals surface area contributed by atoms with Crippen molar-refractivity contribution >= 4 is 5.97 Å². The van der Waals surface area contributed by atoms with Gasteiger partial charge in [-0.2, -0.15) is 4.98 Å². The summed E-state index contributed by atoms with van der Waals surface area (Å²) in [7, 11) is 0. The Labute approximate surface area is 150 Å². The molecule has 4 rings (SSSR count). The predicted octanol–water partition coefficient (Wildman–Crippen LogP) is 4.42. The maximum atomic E-state index is 10.9. The minimum absolute atomic E-state index is 0.214. The Bertz CT molecular complexity index is 894. The number of aromatic carboxylic acids is 1. The van der Waals surface area contributed by atoms with E-state index in [1.54, 1.807) is 12.1 Å². The maximum absolute atomic E-state index is 10.9. The fourth-order valence-electron chi connectivity index (χ4n) is 3.09. The molecule has 0 aliphatic heterocycles. The molecule has 0 atom stereocenters. The third-order valence-electron chi connectivity index (χ3n) is 4.52. The Morgan fingerprint density at radius 1 is 1.00 bits per heavy atom. The first-order valence-electron chi connectivity index (χ1n) is 8.63. The highest BCUT2D eigenvalue weighted by Crippen LogP contribution is 2.27. The van der Waals surface area contributed by atoms with Crippen LogP contribution >= 0.6 is 0 Å². The van der Waals surface area contributed by atoms with Crippen molar-refractivity contribution in [2.45, 2.75) is 31.8 Å². The average molecular weight is 350 g/mol. The second-order valence-electron chi connectivity index (χ2n) is 6.35. The van der Waals surface area contributed by atoms with E-state index in [1.165, 1.54) is 25.0 Å². The van der Waals surface area contributed by atoms with Gasteiger partial charge < -0.3 is 14.4 Å². The molecular weight excluding hydrogens is 332 g/mol. The molecular formula is C20H18N2O4. The SMILES string of the molecule is O=C(O)c1ccc(-c2nc(-c3ccc(OC4CCCC4)cc3)no2)cc1. The van der Waals surface area contributed by atoms with Crippen molar-refractivity contribution in [1.82, 2.24) is 10.1 Å². The van der Waals surface area contributed by atoms with Gasteiger partial charge in [-0.15, -0.1) is 0 Å². The van der Waals surface area contributed by atoms with Gasteiger partial charge in [0, 0.05) is 11.1 Å². The largest absolute Gasteiger partial charge is 0.490 e. The molecule has 1 saturated carbocycles. The summed E-state index contributed by atoms with van der Waals surface area (Å²) in [5, 5.41) is 13.0. The molecule has 2 aromatic carbocycles. The van der Waals surface area contributed by atoms with E-state index in [9.17, 15) is 4.79 Å². The van der Waals surface area contributed by atoms with Gasteiger partial charge in [0.25, 0.3) is 5.89 Å². The number of carboxylic acid groups (broad SMARTS) is 1. The van der Waals surface area contributed by atoms with Gasteiger partial charge in [-0.3, -0.25) is 0 Å². The lowest BCUT2D eigenvalue weighted by molar-refractivity contribution is 0.0697. The van der Waals surface area contributed by atoms with Crippen LogP contribution in [0.15, 0.2) is 53.1 Å². The molecule has 0 spiro atoms. The van der Waals surface area contributed by atoms with Gasteiger partial charge in [-0.05, 0) is 74.2 Å². The zero-order valence-electron chi connectivity index (χ0n) is 14.1. The lowest BCUT2D eigenvalue weighted by Gasteiger charge is -2.12. The van der Waals surface area contributed by atoms with E-state index in [-0.39, 0.29) is 5.56 Å². The second kappa shape index (κ2) is 7.00. The third kappa shape index (κ3) is 3.44. The van der Waals surface area contributed by atoms with Crippen LogP contribution in [-0.4, -0.2) is 27.3 Å². The Morgan fingerprint density at radius 3 is 2.31 bits per heavy atom. The molecule has 1 heterocycles. The molecule has 0 radical (unpaired) electrons. The van der Waals surface area contributed by atoms with Crippen molar-refractivity contribution in [2.75, 3.05) is 0 Å². The molecule has 1 fully saturated rings. The Morgan fingerprint density at radius 2 is 1.65 bits per heavy atom. The van der Waals surface area contributed by atoms with E-state index < -0.39 is 5.97 Å². The normalized spacial score (nSPS) is 14.5. The predicted molar refractivity (Wildman–Crippen MR) is 95.0 cm³/mol. The monoisotopic (exact) mass is 350 g/mol. The van der Waals surface area contributed by atoms with Crippen LogP contribution in [0.25, 0.3) is 22.8 Å². The number of aromatic nitrogens is 2. The molecule has 1 aromatic heterocycles. The highest BCUT2D eigenvalue weighted by Gasteiger charge is 2.17. The first-order valence-corrected chi connectivity index (χ1v) is 8.63. The molecule has 0 bridgehead atoms. The molecule has 132 valence electrons. The number of ether oxygens (including phenoxy) is 1. The quantitative estimate of drug-likeness (QED) is 0.733. The van der Waals surface area contributed by atoms with Gasteiger partial charge >= 0.3 is 5.97 Å². The summed E-state index contributed by atoms with van der Waals surface area (Å²) >= 11 is 0. The van der Waals surface area contributed by atoms with Crippen LogP contribution in [0.1, 0.15) is 36.0 Å². The van der Waals surface area contributed by atoms with Gasteiger partial charge in [0.05, 0.1) is 11.7 Å². The van der Waals surface area contributed by atoms with Gasteiger partial charge in [0.2, 0.25) is 5.82 Å². The van der Waals surface area contributed by atoms with Crippen LogP contribution in [0.3, 0.4) is 0 Å². The van der Waals surface area contributed by atoms with E-state index in [1.807, 2.05) is 24.3 Å². The smallest absolute Gasteiger partial charge is 0.335 e. The third-order valence-corrected chi connectivity index (χ3v) is 4.52. The number of hydrogen-bond acceptors (Lipinski definition) is 5. The topological polar surface area (TPSA) is 85.5 Å². The Hall–Kier alpha value is -3.15. The van der Waals surface area contributed by atoms with Gasteiger partial charge in [-0.25, -0.2) is 4.79 Å². The number of rotatable bonds is 5. The number of hydrogen-bond donors (Lipinski definition) is 1. The second-order valence-corrected chi connectivity index (χ2v) is 6.35. The first kappa shape index (κ1) is 16.3. The van der Waals surface area contributed by atoms with E-state index in [0.29, 0.717) is 23.4 Å². The van der Waals surface area contributed by atoms with E-state index in [0.717, 1.165) is 24.2 Å². The van der Waals surface area contributed by atoms with Crippen molar-refractivity contribution in [3.05, 3.63) is 54.1 Å². The summed E-state index contributed by atoms with van der Waals surface area (Å²) in [5.74, 6) is 0.717. The number of benzene rings is 2. The minimum Gasteiger partial charge on any atom is -0.490 e. The van der Waals surface area contributed by atoms with Crippen LogP contribution in [0, 0.1) is 0 Å². The lowest BCUT2D eigenvalue weighted by Crippen LogP contribution is -2.10. The van der Waals surface area contributed by atoms with Crippen molar-refractivity contribution in [3.8, 4) is 28.6 Å². The Balaban J connectivity index is 1.49. The molecule has 26 heavy (non-hydrogen) atoms. The zero-order valence-corrected chi connectivity index (χ0v) is 14.1. The molecule has 1 aliphatic carbocycles. The van der Waals surface area contributed by atoms with Crippen molar-refractivity contribution in [1.29, 1.82) is 0 Å². The average Bonchev–Trinajstić information content (AvgIpc) is 3.34. The maximum Gasteiger partial charge on any atom is 0.335 e. The fourth-order valence-corrected chi connectivity index (χ4v) is 3.09. The van der Waals surface area contributed by atoms with Crippen LogP contribution in [-0.2, 0) is 0 Å². The number of nitrogens with zero attached hydrogens (tertiary/aromatic N) is 2. The molecule has 6 nitrogen and oxygen atoms in total. The standard InChI is InChI=1S/C20H18N2O4/c23-20(24)15-7-5-14(6-8-15)19-21-18(22-26-19)13-9-11-17(12-10-13)25-16-3-1-2-4-16/h5-12,16H,1-4H2,(H,23,24). The molecule has 0 amide bonds. The summed E-state index contributed by atoms with van der Waals surface area (Å²) in [6.07, 6.45) is 5.04. The summed E-state index contributed by atoms with van der Waals surface area (Å²) in [6.45, 7) is 0. The van der Waals surface area contributed by atoms with Gasteiger partial charge in [0.1, 0.15) is 5.75 Å². The van der Waals surface area contributed by atoms with E-state index >= 15 is 0 Å². The highest BCUT2D eigenvalue weighted by atomic mass is 16.5. The minimum atomic E-state index is -0.970. The lowest BCUT2D eigenvalue weighted by atomic mass is 10.1. The zero-order chi connectivity index (χ0) is 17.9. The number of carboxylic acids is 1. The summed E-state index contributed by atoms with van der Waals surface area (Å²) in [5.41, 5.74) is 1.72. The summed E-state index contributed by atoms with van der Waals surface area (Å²) in [6, 6.07) is 14.0. The van der Waals surface area contributed by atoms with Crippen LogP contribution in [0.4, 0.5) is 0 Å². The van der Waals surface area contributed by atoms with Crippen molar-refractivity contribution < 1.29 is 19.2 Å². The van der Waals surface area contributed by atoms with Gasteiger partial charge in [0.15, 0.2) is 0 Å². The molecule has 0 saturated heterocycles. The van der Waals surface area contributed by atoms with Crippen LogP contribution in [0.2, 0.25) is 0 Å². The fraction of sp³-hybridized carbons (Fsp3) is 0.250.